The van der Waals surface area contributed by atoms with Crippen LogP contribution in [-0.4, -0.2) is 81.2 Å². The molecule has 10 heteroatoms. The van der Waals surface area contributed by atoms with Gasteiger partial charge in [-0.1, -0.05) is 18.9 Å². The van der Waals surface area contributed by atoms with Crippen LogP contribution in [0, 0.1) is 23.6 Å². The second-order valence-corrected chi connectivity index (χ2v) is 12.3. The minimum atomic E-state index is -0.862. The molecule has 0 unspecified atom stereocenters. The largest absolute Gasteiger partial charge is 0.508 e. The number of phenols is 1. The summed E-state index contributed by atoms with van der Waals surface area (Å²) in [6.45, 7) is 4.77. The molecule has 0 aliphatic carbocycles. The summed E-state index contributed by atoms with van der Waals surface area (Å²) in [6, 6.07) is 7.85. The van der Waals surface area contributed by atoms with Crippen molar-refractivity contribution in [3.63, 3.8) is 0 Å². The Kier molecular flexibility index (Phi) is 6.22. The molecule has 0 radical (unpaired) electrons. The second-order valence-electron chi connectivity index (χ2n) is 12.3. The minimum absolute atomic E-state index is 0.0119. The van der Waals surface area contributed by atoms with E-state index in [1.165, 1.54) is 18.2 Å². The van der Waals surface area contributed by atoms with Gasteiger partial charge in [0.15, 0.2) is 0 Å². The number of halogens is 2. The zero-order valence-corrected chi connectivity index (χ0v) is 23.3. The van der Waals surface area contributed by atoms with Crippen LogP contribution in [0.2, 0.25) is 0 Å². The molecule has 3 aliphatic rings. The van der Waals surface area contributed by atoms with Crippen LogP contribution in [0.15, 0.2) is 36.5 Å². The number of aromatic nitrogens is 3. The summed E-state index contributed by atoms with van der Waals surface area (Å²) in [5, 5.41) is 22.2. The molecule has 0 amide bonds. The molecule has 2 N–H and O–H groups in total. The highest BCUT2D eigenvalue weighted by Crippen LogP contribution is 2.42. The van der Waals surface area contributed by atoms with Crippen molar-refractivity contribution < 1.29 is 23.7 Å². The number of fused-ring (bicyclic) bond motifs is 3. The first-order valence-corrected chi connectivity index (χ1v) is 14.2. The monoisotopic (exact) mass is 571 g/mol. The van der Waals surface area contributed by atoms with Crippen molar-refractivity contribution in [3.05, 3.63) is 47.9 Å². The van der Waals surface area contributed by atoms with Gasteiger partial charge in [-0.25, -0.2) is 18.7 Å². The number of rotatable bonds is 6. The van der Waals surface area contributed by atoms with Crippen molar-refractivity contribution in [1.29, 1.82) is 0 Å². The van der Waals surface area contributed by atoms with E-state index in [-0.39, 0.29) is 34.9 Å². The van der Waals surface area contributed by atoms with Crippen LogP contribution in [-0.2, 0) is 0 Å². The van der Waals surface area contributed by atoms with Crippen molar-refractivity contribution in [3.8, 4) is 35.4 Å². The Morgan fingerprint density at radius 1 is 1.21 bits per heavy atom. The highest BCUT2D eigenvalue weighted by Gasteiger charge is 2.49. The van der Waals surface area contributed by atoms with Crippen molar-refractivity contribution in [2.45, 2.75) is 37.9 Å². The third-order valence-corrected chi connectivity index (χ3v) is 9.07. The molecular formula is C32H31F2N5O3. The molecule has 2 aromatic carbocycles. The highest BCUT2D eigenvalue weighted by atomic mass is 19.1. The number of ether oxygens (including phenoxy) is 1. The van der Waals surface area contributed by atoms with Gasteiger partial charge in [0.1, 0.15) is 30.2 Å². The van der Waals surface area contributed by atoms with Crippen molar-refractivity contribution >= 4 is 27.5 Å². The van der Waals surface area contributed by atoms with Crippen LogP contribution in [0.25, 0.3) is 32.9 Å². The van der Waals surface area contributed by atoms with E-state index in [2.05, 4.69) is 15.8 Å². The van der Waals surface area contributed by atoms with E-state index >= 15 is 0 Å². The normalized spacial score (nSPS) is 23.2. The molecule has 0 bridgehead atoms. The van der Waals surface area contributed by atoms with Gasteiger partial charge in [0.25, 0.3) is 0 Å². The molecule has 5 heterocycles. The number of alkyl halides is 1. The average molecular weight is 572 g/mol. The maximum absolute atomic E-state index is 14.8. The number of aliphatic hydroxyl groups excluding tert-OH is 1. The lowest BCUT2D eigenvalue weighted by Gasteiger charge is -2.48. The first kappa shape index (κ1) is 26.8. The molecular weight excluding hydrogens is 540 g/mol. The van der Waals surface area contributed by atoms with Gasteiger partial charge < -0.3 is 19.8 Å². The second kappa shape index (κ2) is 9.75. The highest BCUT2D eigenvalue weighted by molar-refractivity contribution is 6.03. The number of hydrogen-bond donors (Lipinski definition) is 2. The predicted molar refractivity (Wildman–Crippen MR) is 156 cm³/mol. The van der Waals surface area contributed by atoms with Gasteiger partial charge in [0.05, 0.1) is 34.3 Å². The average Bonchev–Trinajstić information content (AvgIpc) is 3.49. The van der Waals surface area contributed by atoms with E-state index in [0.717, 1.165) is 19.4 Å². The van der Waals surface area contributed by atoms with E-state index in [4.69, 9.17) is 21.1 Å². The minimum Gasteiger partial charge on any atom is -0.508 e. The molecule has 0 saturated carbocycles. The summed E-state index contributed by atoms with van der Waals surface area (Å²) >= 11 is 0. The van der Waals surface area contributed by atoms with E-state index < -0.39 is 12.0 Å². The fourth-order valence-corrected chi connectivity index (χ4v) is 6.99. The molecule has 3 saturated heterocycles. The third-order valence-electron chi connectivity index (χ3n) is 9.07. The lowest BCUT2D eigenvalue weighted by molar-refractivity contribution is 0.107. The number of anilines is 1. The summed E-state index contributed by atoms with van der Waals surface area (Å²) < 4.78 is 35.2. The summed E-state index contributed by atoms with van der Waals surface area (Å²) in [5.74, 6) is 2.51. The van der Waals surface area contributed by atoms with Crippen LogP contribution >= 0.6 is 0 Å². The van der Waals surface area contributed by atoms with Gasteiger partial charge in [-0.05, 0) is 49.0 Å². The predicted octanol–water partition coefficient (Wildman–Crippen LogP) is 4.44. The lowest BCUT2D eigenvalue weighted by Crippen LogP contribution is -2.57. The number of aromatic hydroxyl groups is 1. The maximum atomic E-state index is 14.8. The van der Waals surface area contributed by atoms with Crippen LogP contribution in [0.1, 0.15) is 31.7 Å². The molecule has 216 valence electrons. The van der Waals surface area contributed by atoms with E-state index in [0.29, 0.717) is 71.4 Å². The van der Waals surface area contributed by atoms with Crippen LogP contribution in [0.5, 0.6) is 11.8 Å². The molecule has 0 spiro atoms. The number of benzene rings is 2. The quantitative estimate of drug-likeness (QED) is 0.328. The number of nitrogens with zero attached hydrogens (tertiary/aromatic N) is 5. The van der Waals surface area contributed by atoms with Gasteiger partial charge in [-0.3, -0.25) is 4.90 Å². The lowest BCUT2D eigenvalue weighted by atomic mass is 9.83. The first-order valence-electron chi connectivity index (χ1n) is 14.2. The molecule has 2 atom stereocenters. The van der Waals surface area contributed by atoms with Gasteiger partial charge in [0.2, 0.25) is 0 Å². The maximum Gasteiger partial charge on any atom is 0.316 e. The van der Waals surface area contributed by atoms with E-state index in [9.17, 15) is 19.0 Å². The molecule has 2 aromatic heterocycles. The summed E-state index contributed by atoms with van der Waals surface area (Å²) in [4.78, 5) is 18.4. The Morgan fingerprint density at radius 2 is 2.05 bits per heavy atom. The molecule has 8 nitrogen and oxygen atoms in total. The van der Waals surface area contributed by atoms with Gasteiger partial charge in [-0.15, -0.1) is 6.42 Å². The summed E-state index contributed by atoms with van der Waals surface area (Å²) in [6.07, 6.45) is 8.85. The topological polar surface area (TPSA) is 94.8 Å². The van der Waals surface area contributed by atoms with Crippen LogP contribution in [0.3, 0.4) is 0 Å². The zero-order chi connectivity index (χ0) is 29.2. The number of phenolic OH excluding ortho intramolecular Hbond substituents is 1. The summed E-state index contributed by atoms with van der Waals surface area (Å²) in [7, 11) is 0. The SMILES string of the molecule is C#Cc1c(F)ccc2cc(O)cc(-c3cc4nc(OC[C@@]56CCCN5C[C@H](F)C6)ncc4c(N4CC(C)(CO)C4)n3)c12. The molecule has 3 fully saturated rings. The van der Waals surface area contributed by atoms with Crippen LogP contribution in [0.4, 0.5) is 14.6 Å². The molecule has 7 rings (SSSR count). The number of terminal acetylenes is 1. The molecule has 4 aromatic rings. The Balaban J connectivity index is 1.34. The van der Waals surface area contributed by atoms with Gasteiger partial charge >= 0.3 is 6.01 Å². The fraction of sp³-hybridized carbons (Fsp3) is 0.406. The Morgan fingerprint density at radius 3 is 2.83 bits per heavy atom. The Labute approximate surface area is 242 Å². The smallest absolute Gasteiger partial charge is 0.316 e. The Bertz CT molecular complexity index is 1770. The number of hydrogen-bond acceptors (Lipinski definition) is 8. The molecule has 42 heavy (non-hydrogen) atoms. The Hall–Kier alpha value is -4.07. The number of pyridine rings is 1. The fourth-order valence-electron chi connectivity index (χ4n) is 6.99. The van der Waals surface area contributed by atoms with Crippen LogP contribution < -0.4 is 9.64 Å². The summed E-state index contributed by atoms with van der Waals surface area (Å²) in [5.41, 5.74) is 0.926. The van der Waals surface area contributed by atoms with E-state index in [1.807, 2.05) is 11.8 Å². The molecule has 3 aliphatic heterocycles. The van der Waals surface area contributed by atoms with Crippen molar-refractivity contribution in [2.24, 2.45) is 5.41 Å². The van der Waals surface area contributed by atoms with Crippen molar-refractivity contribution in [1.82, 2.24) is 19.9 Å². The number of aliphatic hydroxyl groups is 1. The van der Waals surface area contributed by atoms with Gasteiger partial charge in [-0.2, -0.15) is 4.98 Å². The third kappa shape index (κ3) is 4.30. The van der Waals surface area contributed by atoms with E-state index in [1.54, 1.807) is 18.3 Å². The van der Waals surface area contributed by atoms with Gasteiger partial charge in [0, 0.05) is 48.6 Å². The standard InChI is InChI=1S/C32H31F2N5O3/c1-3-22-25(34)6-5-19-9-21(41)10-23(28(19)22)26-11-27-24(29(36-26)38-15-31(2,16-38)17-40)13-35-30(37-27)42-18-32-7-4-8-39(32)14-20(33)12-32/h1,5-6,9-11,13,20,40-41H,4,7-8,12,14-18H2,2H3/t20-,32+/m1/s1. The zero-order valence-electron chi connectivity index (χ0n) is 23.3. The van der Waals surface area contributed by atoms with Crippen molar-refractivity contribution in [2.75, 3.05) is 44.3 Å². The first-order chi connectivity index (χ1) is 20.2.